The van der Waals surface area contributed by atoms with E-state index in [2.05, 4.69) is 0 Å². The summed E-state index contributed by atoms with van der Waals surface area (Å²) in [4.78, 5) is 25.1. The Hall–Kier alpha value is -3.28. The van der Waals surface area contributed by atoms with Crippen LogP contribution in [-0.4, -0.2) is 31.6 Å². The minimum absolute atomic E-state index is 0.102. The van der Waals surface area contributed by atoms with Gasteiger partial charge in [0.25, 0.3) is 5.91 Å². The Balaban J connectivity index is 1.59. The molecule has 0 bridgehead atoms. The second-order valence-corrected chi connectivity index (χ2v) is 5.84. The molecule has 0 atom stereocenters. The Morgan fingerprint density at radius 1 is 1.04 bits per heavy atom. The highest BCUT2D eigenvalue weighted by molar-refractivity contribution is 5.79. The number of rotatable bonds is 6. The van der Waals surface area contributed by atoms with Gasteiger partial charge in [-0.25, -0.2) is 4.79 Å². The lowest BCUT2D eigenvalue weighted by Crippen LogP contribution is -2.30. The van der Waals surface area contributed by atoms with Crippen molar-refractivity contribution in [3.05, 3.63) is 70.6 Å². The topological polar surface area (TPSA) is 69.0 Å². The number of hydrogen-bond acceptors (Lipinski definition) is 5. The fourth-order valence-electron chi connectivity index (χ4n) is 2.48. The van der Waals surface area contributed by atoms with Gasteiger partial charge in [-0.15, -0.1) is 0 Å². The molecule has 0 saturated carbocycles. The largest absolute Gasteiger partial charge is 0.497 e. The highest BCUT2D eigenvalue weighted by atomic mass is 16.5. The van der Waals surface area contributed by atoms with Crippen LogP contribution in [0, 0.1) is 0 Å². The predicted octanol–water partition coefficient (Wildman–Crippen LogP) is 2.84. The first kappa shape index (κ1) is 17.5. The number of carbonyl (C=O) groups excluding carboxylic acids is 1. The van der Waals surface area contributed by atoms with Crippen LogP contribution in [-0.2, 0) is 11.3 Å². The van der Waals surface area contributed by atoms with Crippen LogP contribution in [0.5, 0.6) is 11.5 Å². The SMILES string of the molecule is COc1ccc(CN(C)C(=O)COc2ccc3ccc(=O)oc3c2)cc1. The van der Waals surface area contributed by atoms with Crippen molar-refractivity contribution in [3.8, 4) is 11.5 Å². The summed E-state index contributed by atoms with van der Waals surface area (Å²) in [7, 11) is 3.33. The predicted molar refractivity (Wildman–Crippen MR) is 97.4 cm³/mol. The fourth-order valence-corrected chi connectivity index (χ4v) is 2.48. The van der Waals surface area contributed by atoms with E-state index in [1.54, 1.807) is 43.3 Å². The molecule has 0 spiro atoms. The summed E-state index contributed by atoms with van der Waals surface area (Å²) in [5.74, 6) is 1.09. The molecular weight excluding hydrogens is 334 g/mol. The zero-order valence-electron chi connectivity index (χ0n) is 14.6. The summed E-state index contributed by atoms with van der Waals surface area (Å²) in [5, 5.41) is 0.792. The summed E-state index contributed by atoms with van der Waals surface area (Å²) in [5.41, 5.74) is 0.994. The Bertz CT molecular complexity index is 962. The van der Waals surface area contributed by atoms with Gasteiger partial charge in [0.15, 0.2) is 6.61 Å². The molecule has 0 unspecified atom stereocenters. The summed E-state index contributed by atoms with van der Waals surface area (Å²) in [6, 6.07) is 15.7. The van der Waals surface area contributed by atoms with E-state index in [0.29, 0.717) is 17.9 Å². The maximum absolute atomic E-state index is 12.3. The lowest BCUT2D eigenvalue weighted by molar-refractivity contribution is -0.132. The number of likely N-dealkylation sites (N-methyl/N-ethyl adjacent to an activating group) is 1. The molecule has 1 aromatic heterocycles. The van der Waals surface area contributed by atoms with E-state index in [1.165, 1.54) is 6.07 Å². The second kappa shape index (κ2) is 7.74. The molecule has 0 N–H and O–H groups in total. The Labute approximate surface area is 150 Å². The Kier molecular flexibility index (Phi) is 5.22. The van der Waals surface area contributed by atoms with E-state index in [0.717, 1.165) is 16.7 Å². The first-order valence-corrected chi connectivity index (χ1v) is 8.09. The first-order chi connectivity index (χ1) is 12.5. The maximum Gasteiger partial charge on any atom is 0.336 e. The standard InChI is InChI=1S/C20H19NO5/c1-21(12-14-3-7-16(24-2)8-4-14)19(22)13-25-17-9-5-15-6-10-20(23)26-18(15)11-17/h3-11H,12-13H2,1-2H3. The monoisotopic (exact) mass is 353 g/mol. The van der Waals surface area contributed by atoms with Crippen LogP contribution in [0.1, 0.15) is 5.56 Å². The third-order valence-electron chi connectivity index (χ3n) is 3.96. The fraction of sp³-hybridized carbons (Fsp3) is 0.200. The number of nitrogens with zero attached hydrogens (tertiary/aromatic N) is 1. The van der Waals surface area contributed by atoms with Crippen LogP contribution in [0.3, 0.4) is 0 Å². The minimum Gasteiger partial charge on any atom is -0.497 e. The van der Waals surface area contributed by atoms with Gasteiger partial charge >= 0.3 is 5.63 Å². The van der Waals surface area contributed by atoms with Crippen molar-refractivity contribution in [1.29, 1.82) is 0 Å². The summed E-state index contributed by atoms with van der Waals surface area (Å²) in [6.07, 6.45) is 0. The molecule has 2 aromatic carbocycles. The zero-order valence-corrected chi connectivity index (χ0v) is 14.6. The average molecular weight is 353 g/mol. The lowest BCUT2D eigenvalue weighted by Gasteiger charge is -2.18. The molecule has 3 rings (SSSR count). The van der Waals surface area contributed by atoms with Crippen molar-refractivity contribution in [3.63, 3.8) is 0 Å². The van der Waals surface area contributed by atoms with E-state index >= 15 is 0 Å². The molecule has 1 heterocycles. The molecule has 6 nitrogen and oxygen atoms in total. The van der Waals surface area contributed by atoms with E-state index in [4.69, 9.17) is 13.9 Å². The number of methoxy groups -OCH3 is 1. The van der Waals surface area contributed by atoms with Crippen molar-refractivity contribution in [2.75, 3.05) is 20.8 Å². The van der Waals surface area contributed by atoms with Crippen LogP contribution < -0.4 is 15.1 Å². The van der Waals surface area contributed by atoms with Crippen molar-refractivity contribution >= 4 is 16.9 Å². The summed E-state index contributed by atoms with van der Waals surface area (Å²) >= 11 is 0. The second-order valence-electron chi connectivity index (χ2n) is 5.84. The van der Waals surface area contributed by atoms with Gasteiger partial charge in [-0.1, -0.05) is 12.1 Å². The number of benzene rings is 2. The van der Waals surface area contributed by atoms with Crippen LogP contribution >= 0.6 is 0 Å². The van der Waals surface area contributed by atoms with Crippen molar-refractivity contribution in [2.45, 2.75) is 6.54 Å². The van der Waals surface area contributed by atoms with Crippen LogP contribution in [0.15, 0.2) is 63.8 Å². The van der Waals surface area contributed by atoms with Crippen LogP contribution in [0.25, 0.3) is 11.0 Å². The van der Waals surface area contributed by atoms with E-state index in [1.807, 2.05) is 24.3 Å². The van der Waals surface area contributed by atoms with Gasteiger partial charge < -0.3 is 18.8 Å². The number of fused-ring (bicyclic) bond motifs is 1. The normalized spacial score (nSPS) is 10.5. The molecule has 0 fully saturated rings. The first-order valence-electron chi connectivity index (χ1n) is 8.09. The molecule has 0 aliphatic rings. The summed E-state index contributed by atoms with van der Waals surface area (Å²) in [6.45, 7) is 0.369. The van der Waals surface area contributed by atoms with Gasteiger partial charge in [0, 0.05) is 31.1 Å². The van der Waals surface area contributed by atoms with Gasteiger partial charge in [-0.3, -0.25) is 4.79 Å². The highest BCUT2D eigenvalue weighted by Crippen LogP contribution is 2.19. The maximum atomic E-state index is 12.3. The summed E-state index contributed by atoms with van der Waals surface area (Å²) < 4.78 is 15.8. The van der Waals surface area contributed by atoms with Gasteiger partial charge in [-0.05, 0) is 35.9 Å². The Morgan fingerprint density at radius 2 is 1.73 bits per heavy atom. The van der Waals surface area contributed by atoms with E-state index < -0.39 is 5.63 Å². The number of carbonyl (C=O) groups is 1. The quantitative estimate of drug-likeness (QED) is 0.638. The molecule has 3 aromatic rings. The molecule has 6 heteroatoms. The smallest absolute Gasteiger partial charge is 0.336 e. The molecule has 0 aliphatic heterocycles. The molecule has 0 radical (unpaired) electrons. The van der Waals surface area contributed by atoms with Crippen LogP contribution in [0.4, 0.5) is 0 Å². The number of hydrogen-bond donors (Lipinski definition) is 0. The molecule has 0 saturated heterocycles. The molecule has 0 aliphatic carbocycles. The molecule has 134 valence electrons. The van der Waals surface area contributed by atoms with Crippen LogP contribution in [0.2, 0.25) is 0 Å². The van der Waals surface area contributed by atoms with E-state index in [-0.39, 0.29) is 12.5 Å². The Morgan fingerprint density at radius 3 is 2.46 bits per heavy atom. The number of ether oxygens (including phenoxy) is 2. The van der Waals surface area contributed by atoms with Crippen molar-refractivity contribution in [1.82, 2.24) is 4.90 Å². The minimum atomic E-state index is -0.426. The third kappa shape index (κ3) is 4.22. The highest BCUT2D eigenvalue weighted by Gasteiger charge is 2.11. The third-order valence-corrected chi connectivity index (χ3v) is 3.96. The van der Waals surface area contributed by atoms with E-state index in [9.17, 15) is 9.59 Å². The molecular formula is C20H19NO5. The van der Waals surface area contributed by atoms with Gasteiger partial charge in [0.1, 0.15) is 17.1 Å². The number of amides is 1. The van der Waals surface area contributed by atoms with Gasteiger partial charge in [0.05, 0.1) is 7.11 Å². The van der Waals surface area contributed by atoms with Crippen molar-refractivity contribution in [2.24, 2.45) is 0 Å². The lowest BCUT2D eigenvalue weighted by atomic mass is 10.2. The zero-order chi connectivity index (χ0) is 18.5. The molecule has 1 amide bonds. The average Bonchev–Trinajstić information content (AvgIpc) is 2.66. The van der Waals surface area contributed by atoms with Gasteiger partial charge in [-0.2, -0.15) is 0 Å². The van der Waals surface area contributed by atoms with Gasteiger partial charge in [0.2, 0.25) is 0 Å². The molecule has 26 heavy (non-hydrogen) atoms. The van der Waals surface area contributed by atoms with Crippen molar-refractivity contribution < 1.29 is 18.7 Å².